The molecule has 0 aliphatic rings. The van der Waals surface area contributed by atoms with Crippen LogP contribution in [-0.4, -0.2) is 32.5 Å². The van der Waals surface area contributed by atoms with Gasteiger partial charge in [0.25, 0.3) is 0 Å². The number of anilines is 3. The van der Waals surface area contributed by atoms with Gasteiger partial charge in [-0.25, -0.2) is 0 Å². The van der Waals surface area contributed by atoms with Gasteiger partial charge < -0.3 is 15.1 Å². The van der Waals surface area contributed by atoms with Gasteiger partial charge in [-0.2, -0.15) is 0 Å². The Labute approximate surface area is 153 Å². The topological polar surface area (TPSA) is 52.7 Å². The van der Waals surface area contributed by atoms with E-state index in [9.17, 15) is 9.59 Å². The largest absolute Gasteiger partial charge is 0.378 e. The van der Waals surface area contributed by atoms with E-state index < -0.39 is 0 Å². The molecule has 132 valence electrons. The summed E-state index contributed by atoms with van der Waals surface area (Å²) in [6.07, 6.45) is 0.181. The normalized spacial score (nSPS) is 10.2. The SMILES string of the molecule is CC(=O)N(CCC(=O)Nc1ccc(N(C)C)cc1)c1ccccc1Cl. The summed E-state index contributed by atoms with van der Waals surface area (Å²) in [4.78, 5) is 27.6. The molecule has 0 saturated carbocycles. The van der Waals surface area contributed by atoms with Crippen LogP contribution in [0.25, 0.3) is 0 Å². The standard InChI is InChI=1S/C19H22ClN3O2/c1-14(24)23(18-7-5-4-6-17(18)20)13-12-19(25)21-15-8-10-16(11-9-15)22(2)3/h4-11H,12-13H2,1-3H3,(H,21,25). The quantitative estimate of drug-likeness (QED) is 0.853. The van der Waals surface area contributed by atoms with Crippen LogP contribution >= 0.6 is 11.6 Å². The Bertz CT molecular complexity index is 745. The lowest BCUT2D eigenvalue weighted by molar-refractivity contribution is -0.117. The molecular formula is C19H22ClN3O2. The molecule has 0 aliphatic heterocycles. The van der Waals surface area contributed by atoms with Crippen LogP contribution in [-0.2, 0) is 9.59 Å². The van der Waals surface area contributed by atoms with Crippen LogP contribution < -0.4 is 15.1 Å². The van der Waals surface area contributed by atoms with Crippen LogP contribution in [0.4, 0.5) is 17.1 Å². The Morgan fingerprint density at radius 3 is 2.24 bits per heavy atom. The number of carbonyl (C=O) groups excluding carboxylic acids is 2. The van der Waals surface area contributed by atoms with Crippen molar-refractivity contribution >= 4 is 40.5 Å². The van der Waals surface area contributed by atoms with Crippen molar-refractivity contribution in [3.05, 3.63) is 53.6 Å². The maximum Gasteiger partial charge on any atom is 0.226 e. The third-order valence-electron chi connectivity index (χ3n) is 3.75. The fourth-order valence-corrected chi connectivity index (χ4v) is 2.64. The summed E-state index contributed by atoms with van der Waals surface area (Å²) in [5.41, 5.74) is 2.39. The average molecular weight is 360 g/mol. The molecule has 2 rings (SSSR count). The molecule has 0 bridgehead atoms. The van der Waals surface area contributed by atoms with Crippen molar-refractivity contribution in [3.8, 4) is 0 Å². The smallest absolute Gasteiger partial charge is 0.226 e. The number of nitrogens with zero attached hydrogens (tertiary/aromatic N) is 2. The minimum absolute atomic E-state index is 0.156. The third kappa shape index (κ3) is 5.22. The van der Waals surface area contributed by atoms with Crippen molar-refractivity contribution in [2.45, 2.75) is 13.3 Å². The minimum atomic E-state index is -0.157. The van der Waals surface area contributed by atoms with E-state index in [0.29, 0.717) is 10.7 Å². The number of nitrogens with one attached hydrogen (secondary N) is 1. The van der Waals surface area contributed by atoms with Gasteiger partial charge >= 0.3 is 0 Å². The van der Waals surface area contributed by atoms with E-state index in [-0.39, 0.29) is 24.8 Å². The fraction of sp³-hybridized carbons (Fsp3) is 0.263. The zero-order valence-electron chi connectivity index (χ0n) is 14.6. The number of rotatable bonds is 6. The average Bonchev–Trinajstić information content (AvgIpc) is 2.56. The Morgan fingerprint density at radius 2 is 1.68 bits per heavy atom. The van der Waals surface area contributed by atoms with Crippen LogP contribution in [0.15, 0.2) is 48.5 Å². The molecule has 25 heavy (non-hydrogen) atoms. The molecule has 0 unspecified atom stereocenters. The summed E-state index contributed by atoms with van der Waals surface area (Å²) in [5, 5.41) is 3.32. The van der Waals surface area contributed by atoms with Gasteiger partial charge in [0, 0.05) is 45.4 Å². The molecule has 6 heteroatoms. The first kappa shape index (κ1) is 18.8. The van der Waals surface area contributed by atoms with Crippen LogP contribution in [0.2, 0.25) is 5.02 Å². The molecule has 5 nitrogen and oxygen atoms in total. The molecule has 2 amide bonds. The first-order valence-corrected chi connectivity index (χ1v) is 8.36. The number of hydrogen-bond acceptors (Lipinski definition) is 3. The highest BCUT2D eigenvalue weighted by atomic mass is 35.5. The van der Waals surface area contributed by atoms with Crippen LogP contribution in [0.5, 0.6) is 0 Å². The van der Waals surface area contributed by atoms with E-state index in [2.05, 4.69) is 5.32 Å². The van der Waals surface area contributed by atoms with Crippen molar-refractivity contribution in [1.82, 2.24) is 0 Å². The monoisotopic (exact) mass is 359 g/mol. The number of para-hydroxylation sites is 1. The molecule has 0 aromatic heterocycles. The van der Waals surface area contributed by atoms with Gasteiger partial charge in [0.15, 0.2) is 0 Å². The van der Waals surface area contributed by atoms with Gasteiger partial charge in [-0.15, -0.1) is 0 Å². The first-order valence-electron chi connectivity index (χ1n) is 7.98. The minimum Gasteiger partial charge on any atom is -0.378 e. The Hall–Kier alpha value is -2.53. The number of carbonyl (C=O) groups is 2. The molecule has 2 aromatic carbocycles. The second-order valence-corrected chi connectivity index (χ2v) is 6.27. The van der Waals surface area contributed by atoms with Gasteiger partial charge in [0.2, 0.25) is 11.8 Å². The van der Waals surface area contributed by atoms with E-state index in [4.69, 9.17) is 11.6 Å². The predicted molar refractivity (Wildman–Crippen MR) is 103 cm³/mol. The summed E-state index contributed by atoms with van der Waals surface area (Å²) >= 11 is 6.15. The van der Waals surface area contributed by atoms with Gasteiger partial charge in [-0.3, -0.25) is 9.59 Å². The predicted octanol–water partition coefficient (Wildman–Crippen LogP) is 3.79. The van der Waals surface area contributed by atoms with E-state index in [1.165, 1.54) is 11.8 Å². The second-order valence-electron chi connectivity index (χ2n) is 5.86. The summed E-state index contributed by atoms with van der Waals surface area (Å²) in [7, 11) is 3.91. The van der Waals surface area contributed by atoms with Gasteiger partial charge in [-0.05, 0) is 36.4 Å². The molecule has 0 radical (unpaired) electrons. The zero-order chi connectivity index (χ0) is 18.4. The van der Waals surface area contributed by atoms with Crippen LogP contribution in [0.3, 0.4) is 0 Å². The lowest BCUT2D eigenvalue weighted by Gasteiger charge is -2.22. The highest BCUT2D eigenvalue weighted by Gasteiger charge is 2.16. The maximum atomic E-state index is 12.2. The first-order chi connectivity index (χ1) is 11.9. The van der Waals surface area contributed by atoms with E-state index in [1.807, 2.05) is 49.3 Å². The van der Waals surface area contributed by atoms with E-state index in [0.717, 1.165) is 11.4 Å². The molecule has 0 saturated heterocycles. The van der Waals surface area contributed by atoms with Crippen molar-refractivity contribution in [1.29, 1.82) is 0 Å². The van der Waals surface area contributed by atoms with Gasteiger partial charge in [-0.1, -0.05) is 23.7 Å². The Kier molecular flexibility index (Phi) is 6.42. The molecule has 0 spiro atoms. The van der Waals surface area contributed by atoms with Crippen LogP contribution in [0.1, 0.15) is 13.3 Å². The Morgan fingerprint density at radius 1 is 1.04 bits per heavy atom. The summed E-state index contributed by atoms with van der Waals surface area (Å²) in [6, 6.07) is 14.7. The van der Waals surface area contributed by atoms with Gasteiger partial charge in [0.1, 0.15) is 0 Å². The lowest BCUT2D eigenvalue weighted by Crippen LogP contribution is -2.32. The zero-order valence-corrected chi connectivity index (χ0v) is 15.4. The van der Waals surface area contributed by atoms with Crippen molar-refractivity contribution in [2.75, 3.05) is 35.8 Å². The van der Waals surface area contributed by atoms with Gasteiger partial charge in [0.05, 0.1) is 10.7 Å². The number of halogens is 1. The highest BCUT2D eigenvalue weighted by Crippen LogP contribution is 2.25. The van der Waals surface area contributed by atoms with Crippen molar-refractivity contribution in [2.24, 2.45) is 0 Å². The molecule has 2 aromatic rings. The van der Waals surface area contributed by atoms with Crippen LogP contribution in [0, 0.1) is 0 Å². The summed E-state index contributed by atoms with van der Waals surface area (Å²) in [6.45, 7) is 1.72. The molecule has 0 fully saturated rings. The molecule has 0 atom stereocenters. The van der Waals surface area contributed by atoms with Crippen molar-refractivity contribution < 1.29 is 9.59 Å². The summed E-state index contributed by atoms with van der Waals surface area (Å²) < 4.78 is 0. The maximum absolute atomic E-state index is 12.2. The second kappa shape index (κ2) is 8.53. The number of hydrogen-bond donors (Lipinski definition) is 1. The molecule has 0 heterocycles. The highest BCUT2D eigenvalue weighted by molar-refractivity contribution is 6.33. The summed E-state index contributed by atoms with van der Waals surface area (Å²) in [5.74, 6) is -0.313. The third-order valence-corrected chi connectivity index (χ3v) is 4.07. The lowest BCUT2D eigenvalue weighted by atomic mass is 10.2. The molecule has 1 N–H and O–H groups in total. The Balaban J connectivity index is 1.97. The van der Waals surface area contributed by atoms with E-state index >= 15 is 0 Å². The molecule has 0 aliphatic carbocycles. The number of amides is 2. The van der Waals surface area contributed by atoms with Crippen molar-refractivity contribution in [3.63, 3.8) is 0 Å². The number of benzene rings is 2. The van der Waals surface area contributed by atoms with E-state index in [1.54, 1.807) is 18.2 Å². The molecular weight excluding hydrogens is 338 g/mol. The fourth-order valence-electron chi connectivity index (χ4n) is 2.40.